The Morgan fingerprint density at radius 3 is 2.82 bits per heavy atom. The van der Waals surface area contributed by atoms with Crippen LogP contribution in [0.5, 0.6) is 0 Å². The van der Waals surface area contributed by atoms with Gasteiger partial charge in [-0.3, -0.25) is 14.5 Å². The number of carboxylic acid groups (broad SMARTS) is 1. The van der Waals surface area contributed by atoms with Crippen LogP contribution in [-0.2, 0) is 9.59 Å². The van der Waals surface area contributed by atoms with Gasteiger partial charge in [0, 0.05) is 13.0 Å². The number of rotatable bonds is 2. The van der Waals surface area contributed by atoms with Crippen molar-refractivity contribution in [3.8, 4) is 0 Å². The highest BCUT2D eigenvalue weighted by Gasteiger charge is 2.35. The first-order valence-corrected chi connectivity index (χ1v) is 5.94. The molecular weight excluding hydrogens is 288 g/mol. The van der Waals surface area contributed by atoms with Gasteiger partial charge in [0.15, 0.2) is 0 Å². The molecule has 1 unspecified atom stereocenters. The number of amides is 1. The molecule has 0 aliphatic carbocycles. The number of anilines is 1. The van der Waals surface area contributed by atoms with Gasteiger partial charge in [0.1, 0.15) is 10.4 Å². The first kappa shape index (κ1) is 12.0. The van der Waals surface area contributed by atoms with Crippen LogP contribution in [0.25, 0.3) is 0 Å². The third-order valence-corrected chi connectivity index (χ3v) is 3.57. The topological polar surface area (TPSA) is 70.5 Å². The van der Waals surface area contributed by atoms with Gasteiger partial charge in [-0.25, -0.2) is 4.98 Å². The molecule has 1 amide bonds. The number of hydrogen-bond donors (Lipinski definition) is 1. The summed E-state index contributed by atoms with van der Waals surface area (Å²) in [4.78, 5) is 28.2. The monoisotopic (exact) mass is 298 g/mol. The first-order chi connectivity index (χ1) is 7.99. The maximum absolute atomic E-state index is 11.7. The van der Waals surface area contributed by atoms with Crippen molar-refractivity contribution in [3.63, 3.8) is 0 Å². The van der Waals surface area contributed by atoms with Gasteiger partial charge in [-0.1, -0.05) is 6.07 Å². The van der Waals surface area contributed by atoms with E-state index in [1.165, 1.54) is 4.90 Å². The third kappa shape index (κ3) is 2.31. The van der Waals surface area contributed by atoms with Crippen molar-refractivity contribution in [1.29, 1.82) is 0 Å². The lowest BCUT2D eigenvalue weighted by Gasteiger charge is -2.15. The summed E-state index contributed by atoms with van der Waals surface area (Å²) < 4.78 is 0.668. The zero-order chi connectivity index (χ0) is 12.6. The van der Waals surface area contributed by atoms with Gasteiger partial charge in [0.05, 0.1) is 5.92 Å². The minimum Gasteiger partial charge on any atom is -0.481 e. The molecule has 0 spiro atoms. The average molecular weight is 299 g/mol. The number of aryl methyl sites for hydroxylation is 1. The molecule has 1 aliphatic heterocycles. The Morgan fingerprint density at radius 1 is 1.59 bits per heavy atom. The van der Waals surface area contributed by atoms with Crippen LogP contribution in [-0.4, -0.2) is 28.5 Å². The van der Waals surface area contributed by atoms with Crippen LogP contribution >= 0.6 is 15.9 Å². The molecule has 90 valence electrons. The standard InChI is InChI=1S/C11H11BrN2O3/c1-6-2-3-8(13-10(6)12)14-5-7(11(16)17)4-9(14)15/h2-3,7H,4-5H2,1H3,(H,16,17). The maximum atomic E-state index is 11.7. The highest BCUT2D eigenvalue weighted by atomic mass is 79.9. The van der Waals surface area contributed by atoms with E-state index in [9.17, 15) is 9.59 Å². The van der Waals surface area contributed by atoms with Crippen molar-refractivity contribution >= 4 is 33.6 Å². The molecule has 1 N–H and O–H groups in total. The fourth-order valence-electron chi connectivity index (χ4n) is 1.74. The van der Waals surface area contributed by atoms with E-state index < -0.39 is 11.9 Å². The smallest absolute Gasteiger partial charge is 0.308 e. The number of carboxylic acids is 1. The summed E-state index contributed by atoms with van der Waals surface area (Å²) in [6, 6.07) is 3.57. The Balaban J connectivity index is 2.26. The molecular formula is C11H11BrN2O3. The van der Waals surface area contributed by atoms with E-state index in [1.54, 1.807) is 6.07 Å². The molecule has 0 bridgehead atoms. The number of nitrogens with zero attached hydrogens (tertiary/aromatic N) is 2. The molecule has 6 heteroatoms. The highest BCUT2D eigenvalue weighted by Crippen LogP contribution is 2.25. The van der Waals surface area contributed by atoms with Crippen LogP contribution in [0.15, 0.2) is 16.7 Å². The van der Waals surface area contributed by atoms with Crippen molar-refractivity contribution in [2.45, 2.75) is 13.3 Å². The molecule has 0 saturated carbocycles. The van der Waals surface area contributed by atoms with E-state index in [0.717, 1.165) is 5.56 Å². The van der Waals surface area contributed by atoms with Gasteiger partial charge in [0.2, 0.25) is 5.91 Å². The second-order valence-electron chi connectivity index (χ2n) is 4.02. The Hall–Kier alpha value is -1.43. The predicted octanol–water partition coefficient (Wildman–Crippen LogP) is 1.59. The number of hydrogen-bond acceptors (Lipinski definition) is 3. The molecule has 17 heavy (non-hydrogen) atoms. The number of carbonyl (C=O) groups excluding carboxylic acids is 1. The van der Waals surface area contributed by atoms with E-state index in [4.69, 9.17) is 5.11 Å². The van der Waals surface area contributed by atoms with Gasteiger partial charge in [-0.2, -0.15) is 0 Å². The predicted molar refractivity (Wildman–Crippen MR) is 64.8 cm³/mol. The molecule has 1 fully saturated rings. The van der Waals surface area contributed by atoms with Crippen molar-refractivity contribution in [2.24, 2.45) is 5.92 Å². The lowest BCUT2D eigenvalue weighted by atomic mass is 10.1. The quantitative estimate of drug-likeness (QED) is 0.842. The number of pyridine rings is 1. The van der Waals surface area contributed by atoms with E-state index in [0.29, 0.717) is 10.4 Å². The van der Waals surface area contributed by atoms with Gasteiger partial charge in [-0.05, 0) is 34.5 Å². The molecule has 1 atom stereocenters. The molecule has 2 heterocycles. The molecule has 1 aliphatic rings. The van der Waals surface area contributed by atoms with E-state index in [1.807, 2.05) is 13.0 Å². The second-order valence-corrected chi connectivity index (χ2v) is 4.77. The molecule has 5 nitrogen and oxygen atoms in total. The van der Waals surface area contributed by atoms with Crippen molar-refractivity contribution in [2.75, 3.05) is 11.4 Å². The number of halogens is 1. The van der Waals surface area contributed by atoms with Crippen molar-refractivity contribution < 1.29 is 14.7 Å². The maximum Gasteiger partial charge on any atom is 0.308 e. The van der Waals surface area contributed by atoms with Crippen LogP contribution in [0, 0.1) is 12.8 Å². The summed E-state index contributed by atoms with van der Waals surface area (Å²) in [6.07, 6.45) is 0.0442. The van der Waals surface area contributed by atoms with Crippen LogP contribution in [0.4, 0.5) is 5.82 Å². The van der Waals surface area contributed by atoms with Gasteiger partial charge >= 0.3 is 5.97 Å². The number of carbonyl (C=O) groups is 2. The first-order valence-electron chi connectivity index (χ1n) is 5.15. The van der Waals surface area contributed by atoms with Gasteiger partial charge < -0.3 is 5.11 Å². The van der Waals surface area contributed by atoms with E-state index >= 15 is 0 Å². The molecule has 1 aromatic rings. The summed E-state index contributed by atoms with van der Waals surface area (Å²) in [7, 11) is 0. The van der Waals surface area contributed by atoms with Crippen molar-refractivity contribution in [1.82, 2.24) is 4.98 Å². The Labute approximate surface area is 107 Å². The summed E-state index contributed by atoms with van der Waals surface area (Å²) in [5.41, 5.74) is 0.968. The van der Waals surface area contributed by atoms with Crippen LogP contribution in [0.1, 0.15) is 12.0 Å². The summed E-state index contributed by atoms with van der Waals surface area (Å²) in [6.45, 7) is 2.09. The summed E-state index contributed by atoms with van der Waals surface area (Å²) in [5.74, 6) is -1.27. The van der Waals surface area contributed by atoms with Gasteiger partial charge in [0.25, 0.3) is 0 Å². The van der Waals surface area contributed by atoms with Crippen LogP contribution in [0.3, 0.4) is 0 Å². The van der Waals surface area contributed by atoms with Gasteiger partial charge in [-0.15, -0.1) is 0 Å². The molecule has 1 saturated heterocycles. The number of aliphatic carboxylic acids is 1. The summed E-state index contributed by atoms with van der Waals surface area (Å²) in [5, 5.41) is 8.89. The SMILES string of the molecule is Cc1ccc(N2CC(C(=O)O)CC2=O)nc1Br. The van der Waals surface area contributed by atoms with E-state index in [-0.39, 0.29) is 18.9 Å². The zero-order valence-electron chi connectivity index (χ0n) is 9.18. The Morgan fingerprint density at radius 2 is 2.29 bits per heavy atom. The van der Waals surface area contributed by atoms with Crippen LogP contribution < -0.4 is 4.90 Å². The van der Waals surface area contributed by atoms with Crippen LogP contribution in [0.2, 0.25) is 0 Å². The molecule has 1 aromatic heterocycles. The fourth-order valence-corrected chi connectivity index (χ4v) is 2.05. The normalized spacial score (nSPS) is 19.8. The minimum absolute atomic E-state index is 0.0442. The molecule has 0 radical (unpaired) electrons. The lowest BCUT2D eigenvalue weighted by molar-refractivity contribution is -0.141. The Kier molecular flexibility index (Phi) is 3.15. The average Bonchev–Trinajstić information content (AvgIpc) is 2.65. The Bertz CT molecular complexity index is 490. The second kappa shape index (κ2) is 4.44. The minimum atomic E-state index is -0.938. The largest absolute Gasteiger partial charge is 0.481 e. The third-order valence-electron chi connectivity index (χ3n) is 2.77. The van der Waals surface area contributed by atoms with Crippen molar-refractivity contribution in [3.05, 3.63) is 22.3 Å². The van der Waals surface area contributed by atoms with E-state index in [2.05, 4.69) is 20.9 Å². The fraction of sp³-hybridized carbons (Fsp3) is 0.364. The summed E-state index contributed by atoms with van der Waals surface area (Å²) >= 11 is 3.29. The lowest BCUT2D eigenvalue weighted by Crippen LogP contribution is -2.26. The highest BCUT2D eigenvalue weighted by molar-refractivity contribution is 9.10. The molecule has 2 rings (SSSR count). The zero-order valence-corrected chi connectivity index (χ0v) is 10.8. The number of aromatic nitrogens is 1. The molecule has 0 aromatic carbocycles.